The Morgan fingerprint density at radius 1 is 0.739 bits per heavy atom. The van der Waals surface area contributed by atoms with E-state index in [9.17, 15) is 0 Å². The molecule has 0 aromatic carbocycles. The zero-order valence-electron chi connectivity index (χ0n) is 17.5. The van der Waals surface area contributed by atoms with Crippen LogP contribution >= 0.6 is 0 Å². The third-order valence-electron chi connectivity index (χ3n) is 6.01. The van der Waals surface area contributed by atoms with Crippen LogP contribution in [0.25, 0.3) is 0 Å². The number of hydrogen-bond donors (Lipinski definition) is 0. The van der Waals surface area contributed by atoms with E-state index in [1.807, 2.05) is 0 Å². The van der Waals surface area contributed by atoms with Crippen LogP contribution in [-0.2, 0) is 8.85 Å². The Kier molecular flexibility index (Phi) is 5.46. The van der Waals surface area contributed by atoms with Crippen LogP contribution in [0.15, 0.2) is 22.7 Å². The van der Waals surface area contributed by atoms with E-state index in [0.29, 0.717) is 0 Å². The van der Waals surface area contributed by atoms with E-state index in [0.717, 1.165) is 17.9 Å². The quantitative estimate of drug-likeness (QED) is 0.507. The zero-order chi connectivity index (χ0) is 18.4. The first-order valence-corrected chi connectivity index (χ1v) is 14.6. The van der Waals surface area contributed by atoms with Crippen LogP contribution < -0.4 is 0 Å². The maximum atomic E-state index is 6.67. The average Bonchev–Trinajstić information content (AvgIpc) is 2.53. The molecule has 0 saturated carbocycles. The number of hydrogen-bond acceptors (Lipinski definition) is 2. The largest absolute Gasteiger partial charge is 0.544 e. The van der Waals surface area contributed by atoms with Crippen LogP contribution in [0.1, 0.15) is 61.8 Å². The molecule has 0 aliphatic heterocycles. The predicted molar refractivity (Wildman–Crippen MR) is 107 cm³/mol. The molecule has 0 heterocycles. The average molecular weight is 355 g/mol. The molecule has 1 aliphatic carbocycles. The molecular weight excluding hydrogens is 316 g/mol. The summed E-state index contributed by atoms with van der Waals surface area (Å²) in [5.74, 6) is 2.12. The highest BCUT2D eigenvalue weighted by molar-refractivity contribution is 6.75. The highest BCUT2D eigenvalue weighted by Gasteiger charge is 2.44. The summed E-state index contributed by atoms with van der Waals surface area (Å²) >= 11 is 0. The molecule has 0 atom stereocenters. The van der Waals surface area contributed by atoms with Crippen molar-refractivity contribution >= 4 is 16.6 Å². The van der Waals surface area contributed by atoms with Gasteiger partial charge in [0.2, 0.25) is 8.32 Å². The second kappa shape index (κ2) is 6.10. The van der Waals surface area contributed by atoms with Gasteiger partial charge in [0, 0.05) is 6.42 Å². The molecule has 0 radical (unpaired) electrons. The minimum absolute atomic E-state index is 0.193. The zero-order valence-corrected chi connectivity index (χ0v) is 19.5. The standard InChI is InChI=1S/C19H38O2Si2/c1-14-13-16(20-22(9,10)18(3,4)5)17(15(14)2)21-23(11,12)19(6,7)8/h13H2,1-12H3. The van der Waals surface area contributed by atoms with Crippen LogP contribution in [0.3, 0.4) is 0 Å². The predicted octanol–water partition coefficient (Wildman–Crippen LogP) is 6.98. The summed E-state index contributed by atoms with van der Waals surface area (Å²) in [6, 6.07) is 0. The molecular formula is C19H38O2Si2. The Balaban J connectivity index is 3.20. The lowest BCUT2D eigenvalue weighted by Gasteiger charge is -2.39. The van der Waals surface area contributed by atoms with Gasteiger partial charge in [0.1, 0.15) is 11.5 Å². The van der Waals surface area contributed by atoms with Gasteiger partial charge < -0.3 is 8.85 Å². The van der Waals surface area contributed by atoms with Crippen molar-refractivity contribution in [1.29, 1.82) is 0 Å². The summed E-state index contributed by atoms with van der Waals surface area (Å²) in [6.45, 7) is 27.4. The maximum Gasteiger partial charge on any atom is 0.250 e. The van der Waals surface area contributed by atoms with E-state index >= 15 is 0 Å². The Hall–Kier alpha value is -0.486. The molecule has 1 rings (SSSR count). The number of allylic oxidation sites excluding steroid dienone is 2. The fourth-order valence-electron chi connectivity index (χ4n) is 1.94. The van der Waals surface area contributed by atoms with Crippen molar-refractivity contribution < 1.29 is 8.85 Å². The third-order valence-corrected chi connectivity index (χ3v) is 14.7. The van der Waals surface area contributed by atoms with Crippen molar-refractivity contribution in [1.82, 2.24) is 0 Å². The minimum atomic E-state index is -1.86. The van der Waals surface area contributed by atoms with Gasteiger partial charge in [-0.15, -0.1) is 0 Å². The van der Waals surface area contributed by atoms with E-state index in [4.69, 9.17) is 8.85 Å². The molecule has 0 bridgehead atoms. The van der Waals surface area contributed by atoms with E-state index in [2.05, 4.69) is 81.6 Å². The van der Waals surface area contributed by atoms with E-state index in [1.54, 1.807) is 0 Å². The molecule has 0 unspecified atom stereocenters. The molecule has 0 spiro atoms. The summed E-state index contributed by atoms with van der Waals surface area (Å²) in [6.07, 6.45) is 0.905. The van der Waals surface area contributed by atoms with Gasteiger partial charge in [0.05, 0.1) is 0 Å². The Morgan fingerprint density at radius 3 is 1.52 bits per heavy atom. The van der Waals surface area contributed by atoms with Crippen LogP contribution in [0.5, 0.6) is 0 Å². The number of rotatable bonds is 4. The molecule has 134 valence electrons. The van der Waals surface area contributed by atoms with Gasteiger partial charge in [-0.25, -0.2) is 0 Å². The lowest BCUT2D eigenvalue weighted by atomic mass is 10.2. The van der Waals surface area contributed by atoms with Crippen LogP contribution in [0.2, 0.25) is 36.3 Å². The molecule has 23 heavy (non-hydrogen) atoms. The highest BCUT2D eigenvalue weighted by atomic mass is 28.4. The lowest BCUT2D eigenvalue weighted by Crippen LogP contribution is -2.42. The van der Waals surface area contributed by atoms with Gasteiger partial charge in [-0.05, 0) is 55.7 Å². The summed E-state index contributed by atoms with van der Waals surface area (Å²) in [5.41, 5.74) is 2.66. The van der Waals surface area contributed by atoms with Crippen molar-refractivity contribution in [3.8, 4) is 0 Å². The molecule has 2 nitrogen and oxygen atoms in total. The van der Waals surface area contributed by atoms with Gasteiger partial charge in [0.15, 0.2) is 0 Å². The second-order valence-electron chi connectivity index (χ2n) is 10.1. The van der Waals surface area contributed by atoms with Gasteiger partial charge in [-0.1, -0.05) is 47.1 Å². The van der Waals surface area contributed by atoms with Crippen molar-refractivity contribution in [2.75, 3.05) is 0 Å². The van der Waals surface area contributed by atoms with Gasteiger partial charge >= 0.3 is 0 Å². The van der Waals surface area contributed by atoms with E-state index in [-0.39, 0.29) is 10.1 Å². The van der Waals surface area contributed by atoms with Crippen molar-refractivity contribution in [2.24, 2.45) is 0 Å². The smallest absolute Gasteiger partial charge is 0.250 e. The Bertz CT molecular complexity index is 527. The fourth-order valence-corrected chi connectivity index (χ4v) is 4.11. The molecule has 1 aliphatic rings. The van der Waals surface area contributed by atoms with Gasteiger partial charge in [-0.2, -0.15) is 0 Å². The van der Waals surface area contributed by atoms with Gasteiger partial charge in [0.25, 0.3) is 8.32 Å². The Labute approximate surface area is 146 Å². The van der Waals surface area contributed by atoms with E-state index < -0.39 is 16.6 Å². The topological polar surface area (TPSA) is 18.5 Å². The van der Waals surface area contributed by atoms with Crippen molar-refractivity contribution in [3.05, 3.63) is 22.7 Å². The normalized spacial score (nSPS) is 17.9. The molecule has 0 fully saturated rings. The van der Waals surface area contributed by atoms with Crippen molar-refractivity contribution in [3.63, 3.8) is 0 Å². The first-order chi connectivity index (χ1) is 9.99. The molecule has 4 heteroatoms. The van der Waals surface area contributed by atoms with E-state index in [1.165, 1.54) is 11.1 Å². The van der Waals surface area contributed by atoms with Gasteiger partial charge in [-0.3, -0.25) is 0 Å². The summed E-state index contributed by atoms with van der Waals surface area (Å²) in [5, 5.41) is 0.394. The lowest BCUT2D eigenvalue weighted by molar-refractivity contribution is 0.321. The molecule has 0 aromatic heterocycles. The highest BCUT2D eigenvalue weighted by Crippen LogP contribution is 2.45. The summed E-state index contributed by atoms with van der Waals surface area (Å²) in [7, 11) is -3.70. The maximum absolute atomic E-state index is 6.67. The second-order valence-corrected chi connectivity index (χ2v) is 19.5. The molecule has 0 amide bonds. The minimum Gasteiger partial charge on any atom is -0.544 e. The SMILES string of the molecule is CC1=C(C)C(O[Si](C)(C)C(C)(C)C)=C(O[Si](C)(C)C(C)(C)C)C1. The third kappa shape index (κ3) is 4.33. The Morgan fingerprint density at radius 2 is 1.13 bits per heavy atom. The monoisotopic (exact) mass is 354 g/mol. The molecule has 0 saturated heterocycles. The van der Waals surface area contributed by atoms with Crippen LogP contribution in [0, 0.1) is 0 Å². The fraction of sp³-hybridized carbons (Fsp3) is 0.789. The first-order valence-electron chi connectivity index (χ1n) is 8.77. The van der Waals surface area contributed by atoms with Crippen molar-refractivity contribution in [2.45, 2.75) is 98.1 Å². The summed E-state index contributed by atoms with van der Waals surface area (Å²) < 4.78 is 13.3. The molecule has 0 aromatic rings. The van der Waals surface area contributed by atoms with Crippen LogP contribution in [0.4, 0.5) is 0 Å². The summed E-state index contributed by atoms with van der Waals surface area (Å²) in [4.78, 5) is 0. The molecule has 0 N–H and O–H groups in total. The first kappa shape index (κ1) is 20.6. The van der Waals surface area contributed by atoms with Crippen LogP contribution in [-0.4, -0.2) is 16.6 Å².